The van der Waals surface area contributed by atoms with Crippen LogP contribution < -0.4 is 10.8 Å². The van der Waals surface area contributed by atoms with E-state index in [1.165, 1.54) is 6.20 Å². The molecular formula is C14H20BFN2O4. The second kappa shape index (κ2) is 5.85. The average Bonchev–Trinajstić information content (AvgIpc) is 2.31. The molecular weight excluding hydrogens is 290 g/mol. The molecule has 6 nitrogen and oxygen atoms in total. The SMILES string of the molecule is CC(C)(C)OC(=O)NC1(c2ncc(B(O)O)cc2F)CCC1. The number of ether oxygens (including phenoxy) is 1. The van der Waals surface area contributed by atoms with E-state index in [2.05, 4.69) is 10.3 Å². The summed E-state index contributed by atoms with van der Waals surface area (Å²) in [7, 11) is -1.78. The number of hydrogen-bond acceptors (Lipinski definition) is 5. The number of alkyl carbamates (subject to hydrolysis) is 1. The van der Waals surface area contributed by atoms with E-state index in [4.69, 9.17) is 14.8 Å². The van der Waals surface area contributed by atoms with Crippen LogP contribution in [0.4, 0.5) is 9.18 Å². The summed E-state index contributed by atoms with van der Waals surface area (Å²) in [5, 5.41) is 20.8. The highest BCUT2D eigenvalue weighted by Gasteiger charge is 2.44. The molecule has 0 aromatic carbocycles. The van der Waals surface area contributed by atoms with Gasteiger partial charge in [0.05, 0.1) is 5.54 Å². The molecule has 120 valence electrons. The summed E-state index contributed by atoms with van der Waals surface area (Å²) in [6.07, 6.45) is 2.51. The zero-order valence-electron chi connectivity index (χ0n) is 12.9. The van der Waals surface area contributed by atoms with Gasteiger partial charge in [-0.1, -0.05) is 0 Å². The Morgan fingerprint density at radius 3 is 2.50 bits per heavy atom. The van der Waals surface area contributed by atoms with E-state index in [0.717, 1.165) is 12.5 Å². The number of rotatable bonds is 3. The van der Waals surface area contributed by atoms with Crippen molar-refractivity contribution < 1.29 is 24.0 Å². The number of amides is 1. The molecule has 1 aliphatic rings. The first-order chi connectivity index (χ1) is 10.1. The molecule has 0 bridgehead atoms. The molecule has 8 heteroatoms. The van der Waals surface area contributed by atoms with Crippen molar-refractivity contribution in [3.8, 4) is 0 Å². The van der Waals surface area contributed by atoms with Crippen LogP contribution in [0.15, 0.2) is 12.3 Å². The van der Waals surface area contributed by atoms with Gasteiger partial charge in [-0.3, -0.25) is 4.98 Å². The summed E-state index contributed by atoms with van der Waals surface area (Å²) in [6, 6.07) is 1.02. The van der Waals surface area contributed by atoms with Gasteiger partial charge in [-0.15, -0.1) is 0 Å². The molecule has 1 aliphatic carbocycles. The van der Waals surface area contributed by atoms with Gasteiger partial charge in [0.1, 0.15) is 17.1 Å². The van der Waals surface area contributed by atoms with Crippen LogP contribution >= 0.6 is 0 Å². The quantitative estimate of drug-likeness (QED) is 0.719. The van der Waals surface area contributed by atoms with Crippen molar-refractivity contribution in [2.45, 2.75) is 51.2 Å². The monoisotopic (exact) mass is 310 g/mol. The Labute approximate surface area is 128 Å². The number of aromatic nitrogens is 1. The number of carbonyl (C=O) groups excluding carboxylic acids is 1. The zero-order chi connectivity index (χ0) is 16.5. The summed E-state index contributed by atoms with van der Waals surface area (Å²) in [5.41, 5.74) is -1.49. The van der Waals surface area contributed by atoms with Crippen LogP contribution in [0.2, 0.25) is 0 Å². The van der Waals surface area contributed by atoms with E-state index in [-0.39, 0.29) is 11.2 Å². The van der Waals surface area contributed by atoms with E-state index >= 15 is 0 Å². The van der Waals surface area contributed by atoms with Crippen molar-refractivity contribution in [3.63, 3.8) is 0 Å². The number of pyridine rings is 1. The largest absolute Gasteiger partial charge is 0.490 e. The van der Waals surface area contributed by atoms with Crippen molar-refractivity contribution >= 4 is 18.7 Å². The minimum absolute atomic E-state index is 0.0343. The van der Waals surface area contributed by atoms with E-state index in [9.17, 15) is 9.18 Å². The number of hydrogen-bond donors (Lipinski definition) is 3. The molecule has 3 N–H and O–H groups in total. The minimum Gasteiger partial charge on any atom is -0.444 e. The van der Waals surface area contributed by atoms with Crippen LogP contribution in [0.1, 0.15) is 45.7 Å². The Bertz CT molecular complexity index is 570. The molecule has 0 spiro atoms. The number of nitrogens with zero attached hydrogens (tertiary/aromatic N) is 1. The predicted molar refractivity (Wildman–Crippen MR) is 78.9 cm³/mol. The Morgan fingerprint density at radius 2 is 2.09 bits per heavy atom. The first-order valence-electron chi connectivity index (χ1n) is 7.16. The van der Waals surface area contributed by atoms with Crippen LogP contribution in [0.3, 0.4) is 0 Å². The molecule has 0 atom stereocenters. The van der Waals surface area contributed by atoms with Gasteiger partial charge in [0, 0.05) is 11.7 Å². The maximum atomic E-state index is 14.2. The highest BCUT2D eigenvalue weighted by Crippen LogP contribution is 2.41. The number of halogens is 1. The van der Waals surface area contributed by atoms with Crippen molar-refractivity contribution in [1.29, 1.82) is 0 Å². The third-order valence-corrected chi connectivity index (χ3v) is 3.56. The van der Waals surface area contributed by atoms with E-state index in [1.54, 1.807) is 20.8 Å². The van der Waals surface area contributed by atoms with Gasteiger partial charge in [-0.2, -0.15) is 0 Å². The fourth-order valence-corrected chi connectivity index (χ4v) is 2.40. The topological polar surface area (TPSA) is 91.7 Å². The summed E-state index contributed by atoms with van der Waals surface area (Å²) in [5.74, 6) is -0.679. The Kier molecular flexibility index (Phi) is 4.44. The van der Waals surface area contributed by atoms with E-state index < -0.39 is 30.2 Å². The Hall–Kier alpha value is -1.67. The summed E-state index contributed by atoms with van der Waals surface area (Å²) < 4.78 is 19.5. The van der Waals surface area contributed by atoms with Crippen molar-refractivity contribution in [2.75, 3.05) is 0 Å². The van der Waals surface area contributed by atoms with Gasteiger partial charge in [-0.25, -0.2) is 9.18 Å². The lowest BCUT2D eigenvalue weighted by molar-refractivity contribution is 0.0366. The highest BCUT2D eigenvalue weighted by atomic mass is 19.1. The van der Waals surface area contributed by atoms with Gasteiger partial charge in [0.25, 0.3) is 0 Å². The molecule has 1 heterocycles. The molecule has 1 amide bonds. The van der Waals surface area contributed by atoms with Gasteiger partial charge in [0.2, 0.25) is 0 Å². The smallest absolute Gasteiger partial charge is 0.444 e. The van der Waals surface area contributed by atoms with Gasteiger partial charge in [0.15, 0.2) is 0 Å². The Balaban J connectivity index is 2.22. The molecule has 0 aliphatic heterocycles. The van der Waals surface area contributed by atoms with Crippen LogP contribution in [-0.4, -0.2) is 33.8 Å². The lowest BCUT2D eigenvalue weighted by Gasteiger charge is -2.42. The molecule has 1 saturated carbocycles. The molecule has 2 rings (SSSR count). The second-order valence-corrected chi connectivity index (χ2v) is 6.54. The Morgan fingerprint density at radius 1 is 1.45 bits per heavy atom. The second-order valence-electron chi connectivity index (χ2n) is 6.54. The van der Waals surface area contributed by atoms with Gasteiger partial charge in [-0.05, 0) is 46.1 Å². The van der Waals surface area contributed by atoms with Crippen molar-refractivity contribution in [3.05, 3.63) is 23.8 Å². The van der Waals surface area contributed by atoms with E-state index in [0.29, 0.717) is 12.8 Å². The highest BCUT2D eigenvalue weighted by molar-refractivity contribution is 6.58. The molecule has 1 fully saturated rings. The van der Waals surface area contributed by atoms with Gasteiger partial charge >= 0.3 is 13.2 Å². The molecule has 1 aromatic rings. The van der Waals surface area contributed by atoms with Crippen molar-refractivity contribution in [2.24, 2.45) is 0 Å². The van der Waals surface area contributed by atoms with Crippen LogP contribution in [0, 0.1) is 5.82 Å². The third-order valence-electron chi connectivity index (χ3n) is 3.56. The maximum absolute atomic E-state index is 14.2. The average molecular weight is 310 g/mol. The fraction of sp³-hybridized carbons (Fsp3) is 0.571. The summed E-state index contributed by atoms with van der Waals surface area (Å²) in [4.78, 5) is 15.9. The molecule has 0 unspecified atom stereocenters. The maximum Gasteiger partial charge on any atom is 0.490 e. The third kappa shape index (κ3) is 3.56. The van der Waals surface area contributed by atoms with Crippen LogP contribution in [0.5, 0.6) is 0 Å². The molecule has 0 saturated heterocycles. The molecule has 0 radical (unpaired) electrons. The molecule has 1 aromatic heterocycles. The number of carbonyl (C=O) groups is 1. The first-order valence-corrected chi connectivity index (χ1v) is 7.16. The first kappa shape index (κ1) is 16.7. The van der Waals surface area contributed by atoms with E-state index in [1.807, 2.05) is 0 Å². The summed E-state index contributed by atoms with van der Waals surface area (Å²) in [6.45, 7) is 5.24. The molecule has 22 heavy (non-hydrogen) atoms. The lowest BCUT2D eigenvalue weighted by Crippen LogP contribution is -2.53. The minimum atomic E-state index is -1.78. The lowest BCUT2D eigenvalue weighted by atomic mass is 9.73. The predicted octanol–water partition coefficient (Wildman–Crippen LogP) is 0.804. The standard InChI is InChI=1S/C14H20BFN2O4/c1-13(2,3)22-12(19)18-14(5-4-6-14)11-10(16)7-9(8-17-11)15(20)21/h7-8,20-21H,4-6H2,1-3H3,(H,18,19). The zero-order valence-corrected chi connectivity index (χ0v) is 12.9. The number of nitrogens with one attached hydrogen (secondary N) is 1. The van der Waals surface area contributed by atoms with Gasteiger partial charge < -0.3 is 20.1 Å². The fourth-order valence-electron chi connectivity index (χ4n) is 2.40. The van der Waals surface area contributed by atoms with Crippen LogP contribution in [0.25, 0.3) is 0 Å². The van der Waals surface area contributed by atoms with Crippen molar-refractivity contribution in [1.82, 2.24) is 10.3 Å². The summed E-state index contributed by atoms with van der Waals surface area (Å²) >= 11 is 0. The van der Waals surface area contributed by atoms with Crippen LogP contribution in [-0.2, 0) is 10.3 Å². The normalized spacial score (nSPS) is 16.6.